The molecule has 7 nitrogen and oxygen atoms in total. The second kappa shape index (κ2) is 12.1. The Kier molecular flexibility index (Phi) is 8.10. The molecule has 224 valence electrons. The number of rotatable bonds is 9. The van der Waals surface area contributed by atoms with Crippen LogP contribution < -0.4 is 19.6 Å². The Hall–Kier alpha value is -4.69. The summed E-state index contributed by atoms with van der Waals surface area (Å²) in [6.07, 6.45) is 5.18. The Bertz CT molecular complexity index is 2150. The molecule has 0 radical (unpaired) electrons. The van der Waals surface area contributed by atoms with E-state index in [1.807, 2.05) is 60.7 Å². The van der Waals surface area contributed by atoms with E-state index in [1.165, 1.54) is 11.3 Å². The van der Waals surface area contributed by atoms with Crippen LogP contribution in [0.5, 0.6) is 5.75 Å². The Morgan fingerprint density at radius 2 is 1.82 bits per heavy atom. The van der Waals surface area contributed by atoms with Gasteiger partial charge in [0.05, 0.1) is 29.5 Å². The summed E-state index contributed by atoms with van der Waals surface area (Å²) in [5.74, 6) is 0.114. The lowest BCUT2D eigenvalue weighted by atomic mass is 9.90. The summed E-state index contributed by atoms with van der Waals surface area (Å²) in [5, 5.41) is 2.94. The van der Waals surface area contributed by atoms with E-state index < -0.39 is 12.0 Å². The van der Waals surface area contributed by atoms with Crippen molar-refractivity contribution in [1.29, 1.82) is 0 Å². The predicted octanol–water partition coefficient (Wildman–Crippen LogP) is 6.19. The van der Waals surface area contributed by atoms with E-state index in [4.69, 9.17) is 14.5 Å². The molecule has 5 aromatic rings. The number of hydrogen-bond acceptors (Lipinski definition) is 6. The SMILES string of the molecule is C=CCn1c(C)c(/C=c2/sc3n(c2=O)C(c2c(OC)ccc4ccccc24)C(C(=O)OCC)=C(CCC)N=3)c2ccccc21. The highest BCUT2D eigenvalue weighted by molar-refractivity contribution is 7.07. The maximum atomic E-state index is 14.6. The fourth-order valence-electron chi connectivity index (χ4n) is 6.27. The smallest absolute Gasteiger partial charge is 0.338 e. The largest absolute Gasteiger partial charge is 0.496 e. The number of fused-ring (bicyclic) bond motifs is 3. The third kappa shape index (κ3) is 4.79. The van der Waals surface area contributed by atoms with E-state index >= 15 is 0 Å². The molecule has 1 unspecified atom stereocenters. The number of thiazole rings is 1. The molecule has 0 aliphatic carbocycles. The number of esters is 1. The number of para-hydroxylation sites is 1. The summed E-state index contributed by atoms with van der Waals surface area (Å²) in [4.78, 5) is 33.8. The number of benzene rings is 3. The number of ether oxygens (including phenoxy) is 2. The van der Waals surface area contributed by atoms with E-state index in [9.17, 15) is 9.59 Å². The van der Waals surface area contributed by atoms with Gasteiger partial charge in [0.15, 0.2) is 4.80 Å². The molecule has 0 saturated carbocycles. The highest BCUT2D eigenvalue weighted by atomic mass is 32.1. The van der Waals surface area contributed by atoms with Crippen molar-refractivity contribution in [3.05, 3.63) is 121 Å². The van der Waals surface area contributed by atoms with Gasteiger partial charge < -0.3 is 14.0 Å². The summed E-state index contributed by atoms with van der Waals surface area (Å²) in [6, 6.07) is 19.2. The summed E-state index contributed by atoms with van der Waals surface area (Å²) in [6.45, 7) is 10.7. The second-order valence-corrected chi connectivity index (χ2v) is 11.7. The van der Waals surface area contributed by atoms with Crippen molar-refractivity contribution in [2.45, 2.75) is 46.2 Å². The number of nitrogens with zero attached hydrogens (tertiary/aromatic N) is 3. The second-order valence-electron chi connectivity index (χ2n) is 10.7. The van der Waals surface area contributed by atoms with E-state index in [2.05, 4.69) is 37.1 Å². The van der Waals surface area contributed by atoms with Crippen LogP contribution >= 0.6 is 11.3 Å². The highest BCUT2D eigenvalue weighted by Crippen LogP contribution is 2.41. The van der Waals surface area contributed by atoms with Gasteiger partial charge in [0.1, 0.15) is 11.8 Å². The first kappa shape index (κ1) is 29.4. The van der Waals surface area contributed by atoms with Crippen LogP contribution in [0.4, 0.5) is 0 Å². The van der Waals surface area contributed by atoms with Crippen LogP contribution in [-0.4, -0.2) is 28.8 Å². The predicted molar refractivity (Wildman–Crippen MR) is 177 cm³/mol. The van der Waals surface area contributed by atoms with Crippen LogP contribution in [0.3, 0.4) is 0 Å². The molecule has 1 atom stereocenters. The van der Waals surface area contributed by atoms with Crippen LogP contribution in [0, 0.1) is 6.92 Å². The fourth-order valence-corrected chi connectivity index (χ4v) is 7.27. The van der Waals surface area contributed by atoms with Crippen LogP contribution in [0.15, 0.2) is 94.4 Å². The van der Waals surface area contributed by atoms with Gasteiger partial charge in [-0.1, -0.05) is 79.3 Å². The van der Waals surface area contributed by atoms with Gasteiger partial charge in [0.2, 0.25) is 0 Å². The number of allylic oxidation sites excluding steroid dienone is 2. The molecule has 0 amide bonds. The molecule has 8 heteroatoms. The monoisotopic (exact) mass is 605 g/mol. The van der Waals surface area contributed by atoms with Crippen molar-refractivity contribution in [3.63, 3.8) is 0 Å². The molecule has 1 aliphatic rings. The minimum absolute atomic E-state index is 0.208. The Morgan fingerprint density at radius 1 is 1.07 bits per heavy atom. The molecule has 1 aliphatic heterocycles. The first-order valence-corrected chi connectivity index (χ1v) is 15.7. The molecule has 0 N–H and O–H groups in total. The van der Waals surface area contributed by atoms with Gasteiger partial charge in [-0.25, -0.2) is 9.79 Å². The van der Waals surface area contributed by atoms with Crippen molar-refractivity contribution in [2.75, 3.05) is 13.7 Å². The van der Waals surface area contributed by atoms with Gasteiger partial charge in [-0.15, -0.1) is 6.58 Å². The first-order chi connectivity index (χ1) is 21.4. The molecule has 3 heterocycles. The average Bonchev–Trinajstić information content (AvgIpc) is 3.48. The third-order valence-corrected chi connectivity index (χ3v) is 9.17. The van der Waals surface area contributed by atoms with Crippen LogP contribution in [0.1, 0.15) is 49.6 Å². The van der Waals surface area contributed by atoms with Crippen molar-refractivity contribution < 1.29 is 14.3 Å². The van der Waals surface area contributed by atoms with Gasteiger partial charge in [-0.3, -0.25) is 9.36 Å². The van der Waals surface area contributed by atoms with Crippen LogP contribution in [-0.2, 0) is 16.1 Å². The van der Waals surface area contributed by atoms with Crippen LogP contribution in [0.25, 0.3) is 27.8 Å². The van der Waals surface area contributed by atoms with Crippen LogP contribution in [0.2, 0.25) is 0 Å². The van der Waals surface area contributed by atoms with Crippen molar-refractivity contribution in [2.24, 2.45) is 4.99 Å². The topological polar surface area (TPSA) is 74.8 Å². The number of hydrogen-bond donors (Lipinski definition) is 0. The number of carbonyl (C=O) groups excluding carboxylic acids is 1. The lowest BCUT2D eigenvalue weighted by molar-refractivity contribution is -0.139. The number of methoxy groups -OCH3 is 1. The number of aromatic nitrogens is 2. The van der Waals surface area contributed by atoms with Crippen molar-refractivity contribution >= 4 is 45.1 Å². The van der Waals surface area contributed by atoms with Gasteiger partial charge in [0, 0.05) is 34.3 Å². The molecule has 0 fully saturated rings. The normalized spacial score (nSPS) is 15.0. The Morgan fingerprint density at radius 3 is 2.55 bits per heavy atom. The number of carbonyl (C=O) groups is 1. The Labute approximate surface area is 259 Å². The first-order valence-electron chi connectivity index (χ1n) is 14.9. The molecule has 0 bridgehead atoms. The van der Waals surface area contributed by atoms with Gasteiger partial charge in [0.25, 0.3) is 5.56 Å². The third-order valence-electron chi connectivity index (χ3n) is 8.18. The maximum absolute atomic E-state index is 14.6. The lowest BCUT2D eigenvalue weighted by Crippen LogP contribution is -2.40. The summed E-state index contributed by atoms with van der Waals surface area (Å²) in [7, 11) is 1.61. The zero-order valence-corrected chi connectivity index (χ0v) is 26.2. The summed E-state index contributed by atoms with van der Waals surface area (Å²) < 4.78 is 15.9. The van der Waals surface area contributed by atoms with E-state index in [-0.39, 0.29) is 12.2 Å². The molecule has 0 saturated heterocycles. The summed E-state index contributed by atoms with van der Waals surface area (Å²) in [5.41, 5.74) is 4.64. The zero-order chi connectivity index (χ0) is 31.0. The quantitative estimate of drug-likeness (QED) is 0.148. The van der Waals surface area contributed by atoms with Gasteiger partial charge in [-0.2, -0.15) is 0 Å². The molecular formula is C36H35N3O4S. The van der Waals surface area contributed by atoms with Crippen molar-refractivity contribution in [3.8, 4) is 5.75 Å². The standard InChI is InChI=1S/C36H35N3O4S/c1-6-13-27-32(35(41)43-8-3)33(31-24-15-10-9-14-23(24)18-19-29(31)42-5)39-34(40)30(44-36(39)37-27)21-26-22(4)38(20-7-2)28-17-12-11-16-25(26)28/h7,9-12,14-19,21,33H,2,6,8,13,20H2,1,3-5H3/b30-21+. The van der Waals surface area contributed by atoms with Gasteiger partial charge >= 0.3 is 5.97 Å². The summed E-state index contributed by atoms with van der Waals surface area (Å²) >= 11 is 1.34. The molecule has 6 rings (SSSR count). The molecule has 3 aromatic carbocycles. The maximum Gasteiger partial charge on any atom is 0.338 e. The minimum atomic E-state index is -0.779. The minimum Gasteiger partial charge on any atom is -0.496 e. The highest BCUT2D eigenvalue weighted by Gasteiger charge is 2.37. The van der Waals surface area contributed by atoms with E-state index in [1.54, 1.807) is 18.6 Å². The Balaban J connectivity index is 1.70. The molecule has 44 heavy (non-hydrogen) atoms. The average molecular weight is 606 g/mol. The molecule has 0 spiro atoms. The van der Waals surface area contributed by atoms with E-state index in [0.717, 1.165) is 44.9 Å². The van der Waals surface area contributed by atoms with E-state index in [0.29, 0.717) is 39.3 Å². The molecule has 2 aromatic heterocycles. The lowest BCUT2D eigenvalue weighted by Gasteiger charge is -2.28. The molecular weight excluding hydrogens is 570 g/mol. The van der Waals surface area contributed by atoms with Crippen molar-refractivity contribution in [1.82, 2.24) is 9.13 Å². The zero-order valence-electron chi connectivity index (χ0n) is 25.4. The van der Waals surface area contributed by atoms with Gasteiger partial charge in [-0.05, 0) is 49.2 Å². The fraction of sp³-hybridized carbons (Fsp3) is 0.250.